The molecular formula is C14H19N3O3. The fourth-order valence-corrected chi connectivity index (χ4v) is 1.83. The van der Waals surface area contributed by atoms with Gasteiger partial charge in [0.25, 0.3) is 0 Å². The van der Waals surface area contributed by atoms with E-state index >= 15 is 0 Å². The van der Waals surface area contributed by atoms with Gasteiger partial charge < -0.3 is 10.2 Å². The Labute approximate surface area is 118 Å². The van der Waals surface area contributed by atoms with E-state index in [2.05, 4.69) is 0 Å². The third kappa shape index (κ3) is 4.97. The molecule has 1 aromatic rings. The second kappa shape index (κ2) is 9.04. The molecule has 0 saturated heterocycles. The summed E-state index contributed by atoms with van der Waals surface area (Å²) in [5, 5.41) is 26.7. The van der Waals surface area contributed by atoms with Gasteiger partial charge in [-0.1, -0.05) is 18.2 Å². The second-order valence-electron chi connectivity index (χ2n) is 4.20. The molecule has 6 nitrogen and oxygen atoms in total. The Morgan fingerprint density at radius 1 is 1.15 bits per heavy atom. The lowest BCUT2D eigenvalue weighted by atomic mass is 10.2. The zero-order chi connectivity index (χ0) is 14.8. The molecule has 0 spiro atoms. The summed E-state index contributed by atoms with van der Waals surface area (Å²) in [5.41, 5.74) is 0.659. The number of carbonyl (C=O) groups excluding carboxylic acids is 1. The Hall–Kier alpha value is -1.94. The number of anilines is 1. The predicted molar refractivity (Wildman–Crippen MR) is 75.0 cm³/mol. The van der Waals surface area contributed by atoms with Crippen LogP contribution in [-0.2, 0) is 4.79 Å². The van der Waals surface area contributed by atoms with Gasteiger partial charge in [0.1, 0.15) is 6.54 Å². The van der Waals surface area contributed by atoms with Crippen LogP contribution in [0.25, 0.3) is 0 Å². The molecule has 1 aromatic carbocycles. The summed E-state index contributed by atoms with van der Waals surface area (Å²) in [7, 11) is 0. The van der Waals surface area contributed by atoms with Crippen molar-refractivity contribution in [2.75, 3.05) is 44.3 Å². The Kier molecular flexibility index (Phi) is 7.29. The predicted octanol–water partition coefficient (Wildman–Crippen LogP) is -0.170. The number of aliphatic hydroxyl groups is 2. The van der Waals surface area contributed by atoms with Crippen LogP contribution in [0, 0.1) is 11.3 Å². The second-order valence-corrected chi connectivity index (χ2v) is 4.20. The SMILES string of the molecule is N#CCN(C(=O)CN(CCO)CCO)c1ccccc1. The minimum Gasteiger partial charge on any atom is -0.395 e. The van der Waals surface area contributed by atoms with Gasteiger partial charge in [-0.05, 0) is 12.1 Å². The number of carbonyl (C=O) groups is 1. The van der Waals surface area contributed by atoms with Crippen LogP contribution in [0.2, 0.25) is 0 Å². The third-order valence-corrected chi connectivity index (χ3v) is 2.79. The van der Waals surface area contributed by atoms with Crippen LogP contribution in [0.4, 0.5) is 5.69 Å². The quantitative estimate of drug-likeness (QED) is 0.644. The highest BCUT2D eigenvalue weighted by Gasteiger charge is 2.18. The molecular weight excluding hydrogens is 258 g/mol. The topological polar surface area (TPSA) is 87.8 Å². The van der Waals surface area contributed by atoms with E-state index in [1.165, 1.54) is 4.90 Å². The van der Waals surface area contributed by atoms with Gasteiger partial charge in [-0.15, -0.1) is 0 Å². The normalized spacial score (nSPS) is 10.3. The lowest BCUT2D eigenvalue weighted by molar-refractivity contribution is -0.119. The molecule has 0 aliphatic rings. The van der Waals surface area contributed by atoms with Gasteiger partial charge in [0, 0.05) is 18.8 Å². The number of aliphatic hydroxyl groups excluding tert-OH is 2. The van der Waals surface area contributed by atoms with Crippen molar-refractivity contribution in [1.29, 1.82) is 5.26 Å². The van der Waals surface area contributed by atoms with Crippen LogP contribution in [0.5, 0.6) is 0 Å². The van der Waals surface area contributed by atoms with E-state index in [4.69, 9.17) is 15.5 Å². The number of hydrogen-bond acceptors (Lipinski definition) is 5. The van der Waals surface area contributed by atoms with Crippen molar-refractivity contribution in [3.63, 3.8) is 0 Å². The summed E-state index contributed by atoms with van der Waals surface area (Å²) in [4.78, 5) is 15.3. The first-order valence-corrected chi connectivity index (χ1v) is 6.39. The van der Waals surface area contributed by atoms with Crippen molar-refractivity contribution < 1.29 is 15.0 Å². The minimum absolute atomic E-state index is 0.0328. The van der Waals surface area contributed by atoms with Gasteiger partial charge in [0.2, 0.25) is 5.91 Å². The van der Waals surface area contributed by atoms with Crippen LogP contribution >= 0.6 is 0 Å². The van der Waals surface area contributed by atoms with Crippen LogP contribution < -0.4 is 4.90 Å². The van der Waals surface area contributed by atoms with Crippen LogP contribution in [0.3, 0.4) is 0 Å². The monoisotopic (exact) mass is 277 g/mol. The molecule has 108 valence electrons. The zero-order valence-electron chi connectivity index (χ0n) is 11.3. The van der Waals surface area contributed by atoms with E-state index in [1.807, 2.05) is 12.1 Å². The molecule has 2 N–H and O–H groups in total. The maximum absolute atomic E-state index is 12.3. The lowest BCUT2D eigenvalue weighted by Gasteiger charge is -2.25. The van der Waals surface area contributed by atoms with Crippen molar-refractivity contribution in [2.24, 2.45) is 0 Å². The van der Waals surface area contributed by atoms with E-state index in [1.54, 1.807) is 29.2 Å². The number of para-hydroxylation sites is 1. The molecule has 0 aliphatic carbocycles. The van der Waals surface area contributed by atoms with Crippen LogP contribution in [0.15, 0.2) is 30.3 Å². The molecule has 0 saturated carbocycles. The standard InChI is InChI=1S/C14H19N3O3/c15-6-7-17(13-4-2-1-3-5-13)14(20)12-16(8-10-18)9-11-19/h1-5,18-19H,7-12H2. The average Bonchev–Trinajstić information content (AvgIpc) is 2.46. The van der Waals surface area contributed by atoms with Gasteiger partial charge in [-0.3, -0.25) is 14.6 Å². The van der Waals surface area contributed by atoms with Crippen LogP contribution in [0.1, 0.15) is 0 Å². The zero-order valence-corrected chi connectivity index (χ0v) is 11.3. The third-order valence-electron chi connectivity index (χ3n) is 2.79. The summed E-state index contributed by atoms with van der Waals surface area (Å²) >= 11 is 0. The maximum atomic E-state index is 12.3. The Bertz CT molecular complexity index is 439. The fraction of sp³-hybridized carbons (Fsp3) is 0.429. The molecule has 0 fully saturated rings. The van der Waals surface area contributed by atoms with Crippen molar-refractivity contribution in [2.45, 2.75) is 0 Å². The van der Waals surface area contributed by atoms with Crippen molar-refractivity contribution in [1.82, 2.24) is 4.90 Å². The molecule has 0 unspecified atom stereocenters. The Balaban J connectivity index is 2.76. The number of benzene rings is 1. The molecule has 0 atom stereocenters. The number of amides is 1. The van der Waals surface area contributed by atoms with Gasteiger partial charge in [0.05, 0.1) is 25.8 Å². The van der Waals surface area contributed by atoms with Gasteiger partial charge in [-0.2, -0.15) is 5.26 Å². The largest absolute Gasteiger partial charge is 0.395 e. The first kappa shape index (κ1) is 16.1. The molecule has 1 rings (SSSR count). The molecule has 0 radical (unpaired) electrons. The lowest BCUT2D eigenvalue weighted by Crippen LogP contribution is -2.42. The average molecular weight is 277 g/mol. The summed E-state index contributed by atoms with van der Waals surface area (Å²) in [6, 6.07) is 10.9. The maximum Gasteiger partial charge on any atom is 0.242 e. The number of rotatable bonds is 8. The van der Waals surface area contributed by atoms with Gasteiger partial charge in [-0.25, -0.2) is 0 Å². The van der Waals surface area contributed by atoms with Gasteiger partial charge in [0.15, 0.2) is 0 Å². The molecule has 6 heteroatoms. The summed E-state index contributed by atoms with van der Waals surface area (Å²) in [5.74, 6) is -0.236. The van der Waals surface area contributed by atoms with Crippen molar-refractivity contribution >= 4 is 11.6 Å². The van der Waals surface area contributed by atoms with E-state index in [0.29, 0.717) is 18.8 Å². The first-order chi connectivity index (χ1) is 9.72. The summed E-state index contributed by atoms with van der Waals surface area (Å²) < 4.78 is 0. The van der Waals surface area contributed by atoms with E-state index in [0.717, 1.165) is 0 Å². The minimum atomic E-state index is -0.236. The summed E-state index contributed by atoms with van der Waals surface area (Å²) in [6.07, 6.45) is 0. The van der Waals surface area contributed by atoms with E-state index in [9.17, 15) is 4.79 Å². The molecule has 0 bridgehead atoms. The van der Waals surface area contributed by atoms with Crippen molar-refractivity contribution in [3.05, 3.63) is 30.3 Å². The molecule has 0 heterocycles. The number of nitrogens with zero attached hydrogens (tertiary/aromatic N) is 3. The van der Waals surface area contributed by atoms with Crippen molar-refractivity contribution in [3.8, 4) is 6.07 Å². The molecule has 0 aliphatic heterocycles. The highest BCUT2D eigenvalue weighted by molar-refractivity contribution is 5.95. The fourth-order valence-electron chi connectivity index (χ4n) is 1.83. The highest BCUT2D eigenvalue weighted by Crippen LogP contribution is 2.13. The van der Waals surface area contributed by atoms with Crippen LogP contribution in [-0.4, -0.2) is 60.4 Å². The molecule has 0 aromatic heterocycles. The number of hydrogen-bond donors (Lipinski definition) is 2. The number of nitriles is 1. The first-order valence-electron chi connectivity index (χ1n) is 6.39. The molecule has 20 heavy (non-hydrogen) atoms. The van der Waals surface area contributed by atoms with E-state index < -0.39 is 0 Å². The smallest absolute Gasteiger partial charge is 0.242 e. The Morgan fingerprint density at radius 2 is 1.75 bits per heavy atom. The highest BCUT2D eigenvalue weighted by atomic mass is 16.3. The summed E-state index contributed by atoms with van der Waals surface area (Å²) in [6.45, 7) is 0.462. The molecule has 1 amide bonds. The van der Waals surface area contributed by atoms with E-state index in [-0.39, 0.29) is 32.2 Å². The Morgan fingerprint density at radius 3 is 2.25 bits per heavy atom. The van der Waals surface area contributed by atoms with Gasteiger partial charge >= 0.3 is 0 Å².